The van der Waals surface area contributed by atoms with Crippen LogP contribution in [-0.2, 0) is 9.53 Å². The first-order valence-electron chi connectivity index (χ1n) is 8.57. The number of esters is 1. The molecule has 0 bridgehead atoms. The second-order valence-corrected chi connectivity index (χ2v) is 5.88. The summed E-state index contributed by atoms with van der Waals surface area (Å²) in [6.07, 6.45) is 3.39. The molecule has 0 aliphatic carbocycles. The molecule has 1 aliphatic rings. The van der Waals surface area contributed by atoms with E-state index in [9.17, 15) is 14.9 Å². The quantitative estimate of drug-likeness (QED) is 0.242. The lowest BCUT2D eigenvalue weighted by Crippen LogP contribution is -2.05. The van der Waals surface area contributed by atoms with Crippen molar-refractivity contribution in [3.05, 3.63) is 75.5 Å². The smallest absolute Gasteiger partial charge is 0.363 e. The summed E-state index contributed by atoms with van der Waals surface area (Å²) in [5, 5.41) is 11.1. The minimum atomic E-state index is -0.647. The minimum Gasteiger partial charge on any atom is -0.494 e. The summed E-state index contributed by atoms with van der Waals surface area (Å²) in [5.41, 5.74) is 0.828. The highest BCUT2D eigenvalue weighted by Gasteiger charge is 2.25. The van der Waals surface area contributed by atoms with Crippen molar-refractivity contribution in [3.8, 4) is 5.75 Å². The Kier molecular flexibility index (Phi) is 5.61. The second-order valence-electron chi connectivity index (χ2n) is 5.88. The molecular formula is C20H18N2O5. The van der Waals surface area contributed by atoms with E-state index < -0.39 is 10.9 Å². The number of benzene rings is 2. The molecule has 2 aromatic carbocycles. The highest BCUT2D eigenvalue weighted by atomic mass is 16.6. The van der Waals surface area contributed by atoms with Crippen molar-refractivity contribution in [2.24, 2.45) is 4.99 Å². The van der Waals surface area contributed by atoms with Gasteiger partial charge in [0.2, 0.25) is 5.90 Å². The fraction of sp³-hybridized carbons (Fsp3) is 0.200. The van der Waals surface area contributed by atoms with Crippen LogP contribution in [0.4, 0.5) is 5.69 Å². The van der Waals surface area contributed by atoms with Crippen molar-refractivity contribution in [1.82, 2.24) is 0 Å². The lowest BCUT2D eigenvalue weighted by atomic mass is 10.1. The highest BCUT2D eigenvalue weighted by molar-refractivity contribution is 6.13. The number of ether oxygens (including phenoxy) is 2. The van der Waals surface area contributed by atoms with Gasteiger partial charge < -0.3 is 9.47 Å². The van der Waals surface area contributed by atoms with Gasteiger partial charge >= 0.3 is 5.97 Å². The van der Waals surface area contributed by atoms with Crippen LogP contribution in [0.5, 0.6) is 5.75 Å². The SMILES string of the molecule is CCCCOc1ccc(C2=N/C(=C\c3ccccc3[N+](=O)[O-])C(=O)O2)cc1. The van der Waals surface area contributed by atoms with Gasteiger partial charge in [-0.1, -0.05) is 25.5 Å². The summed E-state index contributed by atoms with van der Waals surface area (Å²) in [5.74, 6) is 0.240. The lowest BCUT2D eigenvalue weighted by molar-refractivity contribution is -0.385. The van der Waals surface area contributed by atoms with Crippen LogP contribution in [0.15, 0.2) is 59.2 Å². The van der Waals surface area contributed by atoms with Crippen LogP contribution < -0.4 is 4.74 Å². The third-order valence-corrected chi connectivity index (χ3v) is 3.91. The summed E-state index contributed by atoms with van der Waals surface area (Å²) in [6, 6.07) is 13.2. The number of unbranched alkanes of at least 4 members (excludes halogenated alkanes) is 1. The molecule has 1 aliphatic heterocycles. The van der Waals surface area contributed by atoms with Crippen molar-refractivity contribution in [3.63, 3.8) is 0 Å². The monoisotopic (exact) mass is 366 g/mol. The molecule has 0 saturated carbocycles. The van der Waals surface area contributed by atoms with Crippen LogP contribution in [0.1, 0.15) is 30.9 Å². The molecule has 7 heteroatoms. The standard InChI is InChI=1S/C20H18N2O5/c1-2-3-12-26-16-10-8-14(9-11-16)19-21-17(20(23)27-19)13-15-6-4-5-7-18(15)22(24)25/h4-11,13H,2-3,12H2,1H3/b17-13-. The van der Waals surface area contributed by atoms with E-state index in [2.05, 4.69) is 11.9 Å². The van der Waals surface area contributed by atoms with Crippen LogP contribution in [0.25, 0.3) is 6.08 Å². The van der Waals surface area contributed by atoms with Crippen molar-refractivity contribution < 1.29 is 19.2 Å². The molecule has 0 N–H and O–H groups in total. The number of nitro benzene ring substituents is 1. The van der Waals surface area contributed by atoms with E-state index in [0.717, 1.165) is 18.6 Å². The molecule has 2 aromatic rings. The zero-order chi connectivity index (χ0) is 19.2. The second kappa shape index (κ2) is 8.27. The Morgan fingerprint density at radius 3 is 2.63 bits per heavy atom. The Morgan fingerprint density at radius 1 is 1.19 bits per heavy atom. The van der Waals surface area contributed by atoms with Gasteiger partial charge in [-0.15, -0.1) is 0 Å². The summed E-state index contributed by atoms with van der Waals surface area (Å²) < 4.78 is 10.8. The summed E-state index contributed by atoms with van der Waals surface area (Å²) in [6.45, 7) is 2.74. The van der Waals surface area contributed by atoms with Gasteiger partial charge in [0.25, 0.3) is 5.69 Å². The highest BCUT2D eigenvalue weighted by Crippen LogP contribution is 2.25. The summed E-state index contributed by atoms with van der Waals surface area (Å²) in [4.78, 5) is 26.9. The Hall–Kier alpha value is -3.48. The Labute approximate surface area is 156 Å². The number of cyclic esters (lactones) is 1. The normalized spacial score (nSPS) is 14.8. The number of carbonyl (C=O) groups excluding carboxylic acids is 1. The Morgan fingerprint density at radius 2 is 1.93 bits per heavy atom. The molecule has 0 aromatic heterocycles. The molecule has 0 radical (unpaired) electrons. The van der Waals surface area contributed by atoms with Crippen LogP contribution in [-0.4, -0.2) is 23.4 Å². The number of para-hydroxylation sites is 1. The number of hydrogen-bond donors (Lipinski definition) is 0. The first-order chi connectivity index (χ1) is 13.1. The van der Waals surface area contributed by atoms with Crippen molar-refractivity contribution in [1.29, 1.82) is 0 Å². The molecule has 0 spiro atoms. The van der Waals surface area contributed by atoms with Gasteiger partial charge in [0.05, 0.1) is 17.1 Å². The zero-order valence-electron chi connectivity index (χ0n) is 14.8. The molecule has 0 unspecified atom stereocenters. The predicted octanol–water partition coefficient (Wildman–Crippen LogP) is 4.12. The van der Waals surface area contributed by atoms with Gasteiger partial charge in [0, 0.05) is 11.6 Å². The van der Waals surface area contributed by atoms with E-state index in [-0.39, 0.29) is 17.3 Å². The molecule has 0 amide bonds. The average Bonchev–Trinajstić information content (AvgIpc) is 3.03. The fourth-order valence-electron chi connectivity index (χ4n) is 2.48. The maximum atomic E-state index is 12.1. The van der Waals surface area contributed by atoms with E-state index in [0.29, 0.717) is 17.7 Å². The molecule has 0 atom stereocenters. The number of nitrogens with zero attached hydrogens (tertiary/aromatic N) is 2. The van der Waals surface area contributed by atoms with Gasteiger partial charge in [-0.2, -0.15) is 0 Å². The number of carbonyl (C=O) groups is 1. The number of rotatable bonds is 7. The van der Waals surface area contributed by atoms with E-state index in [1.807, 2.05) is 0 Å². The maximum absolute atomic E-state index is 12.1. The first kappa shape index (κ1) is 18.3. The van der Waals surface area contributed by atoms with Gasteiger partial charge in [-0.05, 0) is 42.8 Å². The van der Waals surface area contributed by atoms with E-state index in [1.165, 1.54) is 12.1 Å². The molecule has 0 saturated heterocycles. The van der Waals surface area contributed by atoms with Crippen molar-refractivity contribution >= 4 is 23.6 Å². The van der Waals surface area contributed by atoms with Gasteiger partial charge in [-0.25, -0.2) is 9.79 Å². The number of hydrogen-bond acceptors (Lipinski definition) is 6. The largest absolute Gasteiger partial charge is 0.494 e. The van der Waals surface area contributed by atoms with E-state index in [4.69, 9.17) is 9.47 Å². The number of aliphatic imine (C=N–C) groups is 1. The van der Waals surface area contributed by atoms with E-state index in [1.54, 1.807) is 42.5 Å². The molecule has 138 valence electrons. The Balaban J connectivity index is 1.81. The van der Waals surface area contributed by atoms with Gasteiger partial charge in [0.15, 0.2) is 5.70 Å². The first-order valence-corrected chi connectivity index (χ1v) is 8.57. The van der Waals surface area contributed by atoms with Crippen LogP contribution in [0.3, 0.4) is 0 Å². The lowest BCUT2D eigenvalue weighted by Gasteiger charge is -2.05. The summed E-state index contributed by atoms with van der Waals surface area (Å²) in [7, 11) is 0. The molecule has 27 heavy (non-hydrogen) atoms. The molecule has 3 rings (SSSR count). The van der Waals surface area contributed by atoms with Crippen molar-refractivity contribution in [2.75, 3.05) is 6.61 Å². The van der Waals surface area contributed by atoms with Crippen molar-refractivity contribution in [2.45, 2.75) is 19.8 Å². The molecule has 0 fully saturated rings. The third kappa shape index (κ3) is 4.38. The van der Waals surface area contributed by atoms with Crippen LogP contribution >= 0.6 is 0 Å². The predicted molar refractivity (Wildman–Crippen MR) is 101 cm³/mol. The van der Waals surface area contributed by atoms with E-state index >= 15 is 0 Å². The van der Waals surface area contributed by atoms with Gasteiger partial charge in [-0.3, -0.25) is 10.1 Å². The molecule has 1 heterocycles. The topological polar surface area (TPSA) is 91.0 Å². The van der Waals surface area contributed by atoms with Crippen LogP contribution in [0, 0.1) is 10.1 Å². The minimum absolute atomic E-state index is 0.0163. The zero-order valence-corrected chi connectivity index (χ0v) is 14.8. The molecular weight excluding hydrogens is 348 g/mol. The molecule has 7 nitrogen and oxygen atoms in total. The number of nitro groups is 1. The fourth-order valence-corrected chi connectivity index (χ4v) is 2.48. The maximum Gasteiger partial charge on any atom is 0.363 e. The van der Waals surface area contributed by atoms with Crippen LogP contribution in [0.2, 0.25) is 0 Å². The average molecular weight is 366 g/mol. The van der Waals surface area contributed by atoms with Gasteiger partial charge in [0.1, 0.15) is 5.75 Å². The summed E-state index contributed by atoms with van der Waals surface area (Å²) >= 11 is 0. The third-order valence-electron chi connectivity index (χ3n) is 3.91. The Bertz CT molecular complexity index is 916.